The molecule has 0 saturated carbocycles. The van der Waals surface area contributed by atoms with Crippen LogP contribution in [0.15, 0.2) is 23.0 Å². The van der Waals surface area contributed by atoms with Crippen LogP contribution in [0.4, 0.5) is 0 Å². The molecule has 21 heavy (non-hydrogen) atoms. The lowest BCUT2D eigenvalue weighted by atomic mass is 10.2. The first-order valence-electron chi connectivity index (χ1n) is 6.71. The minimum atomic E-state index is -1.07. The fraction of sp³-hybridized carbons (Fsp3) is 0.357. The zero-order chi connectivity index (χ0) is 15.6. The molecule has 1 amide bonds. The van der Waals surface area contributed by atoms with Crippen molar-refractivity contribution >= 4 is 22.9 Å². The largest absolute Gasteiger partial charge is 0.478 e. The second kappa shape index (κ2) is 5.82. The number of amides is 1. The summed E-state index contributed by atoms with van der Waals surface area (Å²) < 4.78 is 1.32. The SMILES string of the molecule is CCN(CC)C(=O)Cn1c(=O)[nH]c2cc(C(=O)O)ccc21. The summed E-state index contributed by atoms with van der Waals surface area (Å²) in [5, 5.41) is 8.94. The molecular weight excluding hydrogens is 274 g/mol. The number of nitrogens with zero attached hydrogens (tertiary/aromatic N) is 2. The predicted octanol–water partition coefficient (Wildman–Crippen LogP) is 0.896. The van der Waals surface area contributed by atoms with Crippen molar-refractivity contribution in [2.75, 3.05) is 13.1 Å². The Morgan fingerprint density at radius 2 is 1.95 bits per heavy atom. The molecule has 2 aromatic rings. The molecule has 0 bridgehead atoms. The van der Waals surface area contributed by atoms with Gasteiger partial charge in [0, 0.05) is 13.1 Å². The first-order chi connectivity index (χ1) is 9.97. The van der Waals surface area contributed by atoms with E-state index in [1.807, 2.05) is 13.8 Å². The van der Waals surface area contributed by atoms with E-state index in [-0.39, 0.29) is 18.0 Å². The number of aromatic amines is 1. The summed E-state index contributed by atoms with van der Waals surface area (Å²) in [5.41, 5.74) is 0.594. The van der Waals surface area contributed by atoms with Crippen molar-refractivity contribution in [2.24, 2.45) is 0 Å². The summed E-state index contributed by atoms with van der Waals surface area (Å²) in [7, 11) is 0. The number of benzene rings is 1. The van der Waals surface area contributed by atoms with Crippen LogP contribution in [-0.4, -0.2) is 44.5 Å². The number of rotatable bonds is 5. The van der Waals surface area contributed by atoms with Gasteiger partial charge in [-0.05, 0) is 32.0 Å². The first-order valence-corrected chi connectivity index (χ1v) is 6.71. The van der Waals surface area contributed by atoms with E-state index in [4.69, 9.17) is 5.11 Å². The van der Waals surface area contributed by atoms with Crippen LogP contribution in [0.5, 0.6) is 0 Å². The van der Waals surface area contributed by atoms with Gasteiger partial charge in [0.1, 0.15) is 6.54 Å². The van der Waals surface area contributed by atoms with E-state index in [9.17, 15) is 14.4 Å². The second-order valence-electron chi connectivity index (χ2n) is 4.62. The van der Waals surface area contributed by atoms with Crippen LogP contribution < -0.4 is 5.69 Å². The first kappa shape index (κ1) is 14.8. The lowest BCUT2D eigenvalue weighted by Gasteiger charge is -2.18. The predicted molar refractivity (Wildman–Crippen MR) is 77.4 cm³/mol. The molecule has 0 aliphatic carbocycles. The zero-order valence-electron chi connectivity index (χ0n) is 11.9. The number of fused-ring (bicyclic) bond motifs is 1. The summed E-state index contributed by atoms with van der Waals surface area (Å²) >= 11 is 0. The molecule has 1 heterocycles. The van der Waals surface area contributed by atoms with Crippen molar-refractivity contribution < 1.29 is 14.7 Å². The summed E-state index contributed by atoms with van der Waals surface area (Å²) in [6, 6.07) is 4.33. The maximum absolute atomic E-state index is 12.1. The molecular formula is C14H17N3O4. The van der Waals surface area contributed by atoms with E-state index in [0.717, 1.165) is 0 Å². The Balaban J connectivity index is 2.41. The highest BCUT2D eigenvalue weighted by molar-refractivity contribution is 5.92. The highest BCUT2D eigenvalue weighted by atomic mass is 16.4. The Morgan fingerprint density at radius 1 is 1.29 bits per heavy atom. The fourth-order valence-corrected chi connectivity index (χ4v) is 2.27. The van der Waals surface area contributed by atoms with Gasteiger partial charge in [-0.1, -0.05) is 0 Å². The summed E-state index contributed by atoms with van der Waals surface area (Å²) in [5.74, 6) is -1.21. The van der Waals surface area contributed by atoms with Crippen LogP contribution >= 0.6 is 0 Å². The summed E-state index contributed by atoms with van der Waals surface area (Å²) in [6.07, 6.45) is 0. The van der Waals surface area contributed by atoms with Crippen LogP contribution in [-0.2, 0) is 11.3 Å². The standard InChI is InChI=1S/C14H17N3O4/c1-3-16(4-2)12(18)8-17-11-6-5-9(13(19)20)7-10(11)15-14(17)21/h5-7H,3-4,8H2,1-2H3,(H,15,21)(H,19,20). The van der Waals surface area contributed by atoms with Crippen LogP contribution in [0.3, 0.4) is 0 Å². The van der Waals surface area contributed by atoms with E-state index in [1.165, 1.54) is 22.8 Å². The number of aromatic carboxylic acids is 1. The molecule has 0 atom stereocenters. The topological polar surface area (TPSA) is 95.4 Å². The van der Waals surface area contributed by atoms with Crippen molar-refractivity contribution in [1.82, 2.24) is 14.5 Å². The van der Waals surface area contributed by atoms with E-state index >= 15 is 0 Å². The molecule has 7 nitrogen and oxygen atoms in total. The van der Waals surface area contributed by atoms with Gasteiger partial charge in [0.15, 0.2) is 0 Å². The maximum Gasteiger partial charge on any atom is 0.335 e. The van der Waals surface area contributed by atoms with Crippen molar-refractivity contribution in [3.05, 3.63) is 34.2 Å². The molecule has 0 aliphatic rings. The lowest BCUT2D eigenvalue weighted by Crippen LogP contribution is -2.35. The smallest absolute Gasteiger partial charge is 0.335 e. The molecule has 0 saturated heterocycles. The number of carbonyl (C=O) groups excluding carboxylic acids is 1. The number of aromatic nitrogens is 2. The van der Waals surface area contributed by atoms with E-state index < -0.39 is 11.7 Å². The zero-order valence-corrected chi connectivity index (χ0v) is 11.9. The normalized spacial score (nSPS) is 10.8. The van der Waals surface area contributed by atoms with Gasteiger partial charge in [0.25, 0.3) is 0 Å². The van der Waals surface area contributed by atoms with Gasteiger partial charge >= 0.3 is 11.7 Å². The quantitative estimate of drug-likeness (QED) is 0.855. The Hall–Kier alpha value is -2.57. The molecule has 0 radical (unpaired) electrons. The molecule has 7 heteroatoms. The van der Waals surface area contributed by atoms with Crippen LogP contribution in [0, 0.1) is 0 Å². The number of carboxylic acids is 1. The second-order valence-corrected chi connectivity index (χ2v) is 4.62. The number of hydrogen-bond donors (Lipinski definition) is 2. The lowest BCUT2D eigenvalue weighted by molar-refractivity contribution is -0.131. The minimum absolute atomic E-state index is 0.0626. The fourth-order valence-electron chi connectivity index (χ4n) is 2.27. The van der Waals surface area contributed by atoms with Gasteiger partial charge in [0.05, 0.1) is 16.6 Å². The molecule has 0 unspecified atom stereocenters. The van der Waals surface area contributed by atoms with Crippen molar-refractivity contribution in [3.8, 4) is 0 Å². The molecule has 1 aromatic heterocycles. The number of carbonyl (C=O) groups is 2. The highest BCUT2D eigenvalue weighted by Crippen LogP contribution is 2.13. The monoisotopic (exact) mass is 291 g/mol. The molecule has 0 fully saturated rings. The van der Waals surface area contributed by atoms with Crippen molar-refractivity contribution in [2.45, 2.75) is 20.4 Å². The van der Waals surface area contributed by atoms with Crippen molar-refractivity contribution in [1.29, 1.82) is 0 Å². The van der Waals surface area contributed by atoms with Crippen LogP contribution in [0.2, 0.25) is 0 Å². The molecule has 112 valence electrons. The highest BCUT2D eigenvalue weighted by Gasteiger charge is 2.15. The van der Waals surface area contributed by atoms with E-state index in [2.05, 4.69) is 4.98 Å². The number of likely N-dealkylation sites (N-methyl/N-ethyl adjacent to an activating group) is 1. The van der Waals surface area contributed by atoms with Gasteiger partial charge < -0.3 is 15.0 Å². The summed E-state index contributed by atoms with van der Waals surface area (Å²) in [6.45, 7) is 4.84. The van der Waals surface area contributed by atoms with Gasteiger partial charge in [-0.15, -0.1) is 0 Å². The van der Waals surface area contributed by atoms with Gasteiger partial charge in [-0.25, -0.2) is 9.59 Å². The summed E-state index contributed by atoms with van der Waals surface area (Å²) in [4.78, 5) is 39.2. The van der Waals surface area contributed by atoms with Crippen LogP contribution in [0.25, 0.3) is 11.0 Å². The molecule has 1 aromatic carbocycles. The van der Waals surface area contributed by atoms with Gasteiger partial charge in [-0.2, -0.15) is 0 Å². The molecule has 2 rings (SSSR count). The van der Waals surface area contributed by atoms with Crippen molar-refractivity contribution in [3.63, 3.8) is 0 Å². The van der Waals surface area contributed by atoms with E-state index in [1.54, 1.807) is 4.90 Å². The molecule has 2 N–H and O–H groups in total. The van der Waals surface area contributed by atoms with E-state index in [0.29, 0.717) is 24.1 Å². The third-order valence-corrected chi connectivity index (χ3v) is 3.43. The Labute approximate surface area is 120 Å². The van der Waals surface area contributed by atoms with Gasteiger partial charge in [-0.3, -0.25) is 9.36 Å². The third-order valence-electron chi connectivity index (χ3n) is 3.43. The number of carboxylic acid groups (broad SMARTS) is 1. The Bertz CT molecular complexity index is 740. The average Bonchev–Trinajstić information content (AvgIpc) is 2.75. The maximum atomic E-state index is 12.1. The average molecular weight is 291 g/mol. The van der Waals surface area contributed by atoms with Crippen LogP contribution in [0.1, 0.15) is 24.2 Å². The number of nitrogens with one attached hydrogen (secondary N) is 1. The third kappa shape index (κ3) is 2.81. The number of imidazole rings is 1. The Morgan fingerprint density at radius 3 is 2.52 bits per heavy atom. The minimum Gasteiger partial charge on any atom is -0.478 e. The number of hydrogen-bond acceptors (Lipinski definition) is 3. The van der Waals surface area contributed by atoms with Gasteiger partial charge in [0.2, 0.25) is 5.91 Å². The molecule has 0 aliphatic heterocycles. The Kier molecular flexibility index (Phi) is 4.11. The number of H-pyrrole nitrogens is 1. The molecule has 0 spiro atoms.